The Bertz CT molecular complexity index is 1220. The number of pyridine rings is 1. The van der Waals surface area contributed by atoms with E-state index in [1.54, 1.807) is 7.11 Å². The quantitative estimate of drug-likeness (QED) is 0.466. The standard InChI is InChI=1S/C31H37NO3/c1-29-11-9-25-18-24-5-6-26(34-16-15-33-2)19-30(24)12-13-31(25,35-30)28(29)8-7-27(29)22-4-3-21-10-14-32-20-23(21)17-22/h3-4,9-10,14,17-18,20,26-28H,5-8,11-13,15-16,19H2,1-2H3/t26-,27?,28+,29+,30+,31+/m0/s1. The van der Waals surface area contributed by atoms with Crippen LogP contribution in [0.1, 0.15) is 69.8 Å². The molecule has 4 heteroatoms. The minimum absolute atomic E-state index is 0.113. The zero-order valence-corrected chi connectivity index (χ0v) is 21.1. The van der Waals surface area contributed by atoms with Crippen LogP contribution in [0.5, 0.6) is 0 Å². The van der Waals surface area contributed by atoms with Crippen LogP contribution in [0.25, 0.3) is 10.8 Å². The highest BCUT2D eigenvalue weighted by molar-refractivity contribution is 5.82. The summed E-state index contributed by atoms with van der Waals surface area (Å²) in [6.45, 7) is 3.89. The molecule has 2 spiro atoms. The second-order valence-electron chi connectivity index (χ2n) is 11.9. The normalized spacial score (nSPS) is 39.5. The number of hydrogen-bond donors (Lipinski definition) is 0. The Labute approximate surface area is 208 Å². The third-order valence-electron chi connectivity index (χ3n) is 10.3. The summed E-state index contributed by atoms with van der Waals surface area (Å²) in [6.07, 6.45) is 18.4. The minimum atomic E-state index is -0.113. The van der Waals surface area contributed by atoms with Crippen molar-refractivity contribution in [2.75, 3.05) is 20.3 Å². The van der Waals surface area contributed by atoms with Gasteiger partial charge in [-0.15, -0.1) is 0 Å². The van der Waals surface area contributed by atoms with E-state index in [1.807, 2.05) is 12.4 Å². The van der Waals surface area contributed by atoms with Crippen LogP contribution in [0.4, 0.5) is 0 Å². The number of nitrogens with zero attached hydrogens (tertiary/aromatic N) is 1. The first-order valence-electron chi connectivity index (χ1n) is 13.6. The van der Waals surface area contributed by atoms with Crippen molar-refractivity contribution in [3.63, 3.8) is 0 Å². The first-order valence-corrected chi connectivity index (χ1v) is 13.6. The number of allylic oxidation sites excluding steroid dienone is 1. The number of hydrogen-bond acceptors (Lipinski definition) is 4. The molecule has 1 unspecified atom stereocenters. The Morgan fingerprint density at radius 3 is 2.94 bits per heavy atom. The number of methoxy groups -OCH3 is 1. The van der Waals surface area contributed by atoms with Gasteiger partial charge >= 0.3 is 0 Å². The van der Waals surface area contributed by atoms with Crippen LogP contribution in [-0.2, 0) is 14.2 Å². The second kappa shape index (κ2) is 7.99. The average molecular weight is 472 g/mol. The zero-order chi connectivity index (χ0) is 23.7. The lowest BCUT2D eigenvalue weighted by atomic mass is 9.58. The highest BCUT2D eigenvalue weighted by atomic mass is 16.5. The van der Waals surface area contributed by atoms with Crippen LogP contribution in [-0.4, -0.2) is 42.6 Å². The van der Waals surface area contributed by atoms with Crippen LogP contribution >= 0.6 is 0 Å². The largest absolute Gasteiger partial charge is 0.382 e. The van der Waals surface area contributed by atoms with E-state index < -0.39 is 0 Å². The van der Waals surface area contributed by atoms with E-state index >= 15 is 0 Å². The van der Waals surface area contributed by atoms with Crippen LogP contribution in [0.15, 0.2) is 60.0 Å². The first-order chi connectivity index (χ1) is 17.1. The van der Waals surface area contributed by atoms with Crippen LogP contribution in [0.2, 0.25) is 0 Å². The first kappa shape index (κ1) is 22.2. The molecule has 2 aliphatic heterocycles. The van der Waals surface area contributed by atoms with Crippen molar-refractivity contribution in [2.45, 2.75) is 81.5 Å². The molecule has 7 rings (SSSR count). The Hall–Kier alpha value is -2.01. The van der Waals surface area contributed by atoms with Gasteiger partial charge in [-0.05, 0) is 96.4 Å². The van der Waals surface area contributed by atoms with Crippen LogP contribution in [0, 0.1) is 11.3 Å². The SMILES string of the molecule is COCCO[C@H]1CCC2=CC3=CC[C@]4(C)C(c5ccc6ccncc6c5)CC[C@H]4[C@@]34CC[C@]2(C1)O4. The fraction of sp³-hybridized carbons (Fsp3) is 0.581. The Kier molecular flexibility index (Phi) is 5.07. The molecule has 2 bridgehead atoms. The lowest BCUT2D eigenvalue weighted by Gasteiger charge is -2.54. The van der Waals surface area contributed by atoms with E-state index in [2.05, 4.69) is 48.3 Å². The van der Waals surface area contributed by atoms with Crippen molar-refractivity contribution in [2.24, 2.45) is 11.3 Å². The van der Waals surface area contributed by atoms with Gasteiger partial charge in [0.2, 0.25) is 0 Å². The molecule has 3 fully saturated rings. The predicted octanol–water partition coefficient (Wildman–Crippen LogP) is 6.51. The topological polar surface area (TPSA) is 40.6 Å². The lowest BCUT2D eigenvalue weighted by molar-refractivity contribution is -0.150. The van der Waals surface area contributed by atoms with Crippen molar-refractivity contribution in [3.8, 4) is 0 Å². The van der Waals surface area contributed by atoms with Crippen LogP contribution < -0.4 is 0 Å². The predicted molar refractivity (Wildman–Crippen MR) is 137 cm³/mol. The van der Waals surface area contributed by atoms with Crippen molar-refractivity contribution in [1.29, 1.82) is 0 Å². The van der Waals surface area contributed by atoms with Gasteiger partial charge in [-0.2, -0.15) is 0 Å². The molecule has 1 aromatic carbocycles. The van der Waals surface area contributed by atoms with Crippen LogP contribution in [0.3, 0.4) is 0 Å². The van der Waals surface area contributed by atoms with Gasteiger partial charge in [-0.25, -0.2) is 0 Å². The van der Waals surface area contributed by atoms with Gasteiger partial charge in [0.25, 0.3) is 0 Å². The average Bonchev–Trinajstić information content (AvgIpc) is 3.39. The molecular formula is C31H37NO3. The molecule has 3 heterocycles. The van der Waals surface area contributed by atoms with E-state index in [4.69, 9.17) is 14.2 Å². The zero-order valence-electron chi connectivity index (χ0n) is 21.1. The Morgan fingerprint density at radius 2 is 2.03 bits per heavy atom. The van der Waals surface area contributed by atoms with Gasteiger partial charge in [-0.3, -0.25) is 4.98 Å². The smallest absolute Gasteiger partial charge is 0.0974 e. The number of ether oxygens (including phenoxy) is 3. The molecule has 0 amide bonds. The molecule has 1 aromatic heterocycles. The number of rotatable bonds is 5. The summed E-state index contributed by atoms with van der Waals surface area (Å²) in [5, 5.41) is 2.53. The third-order valence-corrected chi connectivity index (χ3v) is 10.3. The molecule has 6 atom stereocenters. The number of fused-ring (bicyclic) bond motifs is 2. The molecule has 4 nitrogen and oxygen atoms in total. The maximum absolute atomic E-state index is 7.39. The van der Waals surface area contributed by atoms with Crippen molar-refractivity contribution >= 4 is 10.8 Å². The molecule has 2 saturated carbocycles. The maximum Gasteiger partial charge on any atom is 0.0974 e. The van der Waals surface area contributed by atoms with Gasteiger partial charge in [0, 0.05) is 31.3 Å². The summed E-state index contributed by atoms with van der Waals surface area (Å²) in [5.41, 5.74) is 4.50. The van der Waals surface area contributed by atoms with E-state index in [0.29, 0.717) is 25.0 Å². The van der Waals surface area contributed by atoms with E-state index in [0.717, 1.165) is 38.5 Å². The van der Waals surface area contributed by atoms with Crippen molar-refractivity contribution < 1.29 is 14.2 Å². The maximum atomic E-state index is 7.39. The van der Waals surface area contributed by atoms with Gasteiger partial charge in [-0.1, -0.05) is 31.2 Å². The summed E-state index contributed by atoms with van der Waals surface area (Å²) in [6, 6.07) is 9.17. The molecule has 3 aliphatic carbocycles. The summed E-state index contributed by atoms with van der Waals surface area (Å²) in [4.78, 5) is 4.38. The monoisotopic (exact) mass is 471 g/mol. The molecule has 5 aliphatic rings. The lowest BCUT2D eigenvalue weighted by Crippen LogP contribution is -2.54. The molecule has 0 N–H and O–H groups in total. The molecule has 0 radical (unpaired) electrons. The highest BCUT2D eigenvalue weighted by Crippen LogP contribution is 2.69. The molecular weight excluding hydrogens is 434 g/mol. The van der Waals surface area contributed by atoms with E-state index in [-0.39, 0.29) is 22.7 Å². The Balaban J connectivity index is 1.21. The highest BCUT2D eigenvalue weighted by Gasteiger charge is 2.66. The van der Waals surface area contributed by atoms with E-state index in [1.165, 1.54) is 40.3 Å². The third kappa shape index (κ3) is 3.19. The number of benzene rings is 1. The fourth-order valence-corrected chi connectivity index (χ4v) is 8.67. The minimum Gasteiger partial charge on any atom is -0.382 e. The molecule has 35 heavy (non-hydrogen) atoms. The van der Waals surface area contributed by atoms with Gasteiger partial charge in [0.1, 0.15) is 0 Å². The summed E-state index contributed by atoms with van der Waals surface area (Å²) in [5.74, 6) is 1.13. The molecule has 1 saturated heterocycles. The second-order valence-corrected chi connectivity index (χ2v) is 11.9. The summed E-state index contributed by atoms with van der Waals surface area (Å²) in [7, 11) is 1.74. The summed E-state index contributed by atoms with van der Waals surface area (Å²) >= 11 is 0. The van der Waals surface area contributed by atoms with Gasteiger partial charge < -0.3 is 14.2 Å². The van der Waals surface area contributed by atoms with E-state index in [9.17, 15) is 0 Å². The van der Waals surface area contributed by atoms with Crippen molar-refractivity contribution in [3.05, 3.63) is 65.5 Å². The summed E-state index contributed by atoms with van der Waals surface area (Å²) < 4.78 is 18.8. The number of aromatic nitrogens is 1. The Morgan fingerprint density at radius 1 is 1.09 bits per heavy atom. The van der Waals surface area contributed by atoms with Gasteiger partial charge in [0.05, 0.1) is 30.5 Å². The molecule has 184 valence electrons. The molecule has 2 aromatic rings. The van der Waals surface area contributed by atoms with Gasteiger partial charge in [0.15, 0.2) is 0 Å². The fourth-order valence-electron chi connectivity index (χ4n) is 8.67. The van der Waals surface area contributed by atoms with Crippen molar-refractivity contribution in [1.82, 2.24) is 4.98 Å².